The van der Waals surface area contributed by atoms with Crippen LogP contribution in [0.4, 0.5) is 0 Å². The lowest BCUT2D eigenvalue weighted by atomic mass is 10.0. The average Bonchev–Trinajstić information content (AvgIpc) is 3.47. The minimum atomic E-state index is -0.768. The van der Waals surface area contributed by atoms with E-state index in [2.05, 4.69) is 45.1 Å². The summed E-state index contributed by atoms with van der Waals surface area (Å²) in [6, 6.07) is 0. The Bertz CT molecular complexity index is 1320. The molecule has 0 heterocycles. The number of carbonyl (C=O) groups is 3. The summed E-state index contributed by atoms with van der Waals surface area (Å²) in [6.07, 6.45) is 87.8. The van der Waals surface area contributed by atoms with Crippen LogP contribution in [0.5, 0.6) is 0 Å². The molecule has 1 unspecified atom stereocenters. The van der Waals surface area contributed by atoms with Gasteiger partial charge >= 0.3 is 17.9 Å². The molecule has 0 spiro atoms. The summed E-state index contributed by atoms with van der Waals surface area (Å²) in [5.74, 6) is -0.825. The van der Waals surface area contributed by atoms with Gasteiger partial charge in [0.15, 0.2) is 6.10 Å². The van der Waals surface area contributed by atoms with E-state index in [9.17, 15) is 14.4 Å². The number of esters is 3. The minimum Gasteiger partial charge on any atom is -0.462 e. The lowest BCUT2D eigenvalue weighted by molar-refractivity contribution is -0.167. The zero-order valence-electron chi connectivity index (χ0n) is 55.8. The number of allylic oxidation sites excluding steroid dienone is 4. The molecule has 1 atom stereocenters. The van der Waals surface area contributed by atoms with E-state index in [1.54, 1.807) is 0 Å². The maximum atomic E-state index is 13.0. The predicted molar refractivity (Wildman–Crippen MR) is 358 cm³/mol. The highest BCUT2D eigenvalue weighted by molar-refractivity contribution is 5.71. The lowest BCUT2D eigenvalue weighted by Crippen LogP contribution is -2.30. The zero-order chi connectivity index (χ0) is 59.2. The van der Waals surface area contributed by atoms with Crippen LogP contribution in [-0.2, 0) is 28.6 Å². The van der Waals surface area contributed by atoms with Gasteiger partial charge in [-0.3, -0.25) is 14.4 Å². The molecule has 0 fully saturated rings. The van der Waals surface area contributed by atoms with Gasteiger partial charge in [-0.1, -0.05) is 379 Å². The highest BCUT2D eigenvalue weighted by atomic mass is 16.6. The summed E-state index contributed by atoms with van der Waals surface area (Å²) in [5, 5.41) is 0. The van der Waals surface area contributed by atoms with Gasteiger partial charge in [0.2, 0.25) is 0 Å². The Morgan fingerprint density at radius 2 is 0.439 bits per heavy atom. The molecule has 0 aliphatic heterocycles. The largest absolute Gasteiger partial charge is 0.462 e. The van der Waals surface area contributed by atoms with Crippen LogP contribution in [0.3, 0.4) is 0 Å². The van der Waals surface area contributed by atoms with Crippen LogP contribution in [-0.4, -0.2) is 37.2 Å². The summed E-state index contributed by atoms with van der Waals surface area (Å²) in [7, 11) is 0. The molecule has 0 aliphatic carbocycles. The van der Waals surface area contributed by atoms with E-state index in [0.717, 1.165) is 64.2 Å². The van der Waals surface area contributed by atoms with Crippen molar-refractivity contribution >= 4 is 17.9 Å². The highest BCUT2D eigenvalue weighted by Crippen LogP contribution is 2.19. The summed E-state index contributed by atoms with van der Waals surface area (Å²) in [5.41, 5.74) is 0. The van der Waals surface area contributed by atoms with E-state index in [0.29, 0.717) is 19.3 Å². The zero-order valence-corrected chi connectivity index (χ0v) is 55.8. The van der Waals surface area contributed by atoms with Crippen molar-refractivity contribution in [1.29, 1.82) is 0 Å². The summed E-state index contributed by atoms with van der Waals surface area (Å²) >= 11 is 0. The number of ether oxygens (including phenoxy) is 3. The summed E-state index contributed by atoms with van der Waals surface area (Å²) < 4.78 is 17.1. The smallest absolute Gasteiger partial charge is 0.306 e. The van der Waals surface area contributed by atoms with E-state index in [1.807, 2.05) is 0 Å². The van der Waals surface area contributed by atoms with Crippen molar-refractivity contribution in [3.05, 3.63) is 24.3 Å². The molecule has 0 saturated heterocycles. The van der Waals surface area contributed by atoms with Crippen LogP contribution < -0.4 is 0 Å². The number of rotatable bonds is 70. The van der Waals surface area contributed by atoms with Crippen LogP contribution in [0.2, 0.25) is 0 Å². The topological polar surface area (TPSA) is 78.9 Å². The van der Waals surface area contributed by atoms with Crippen molar-refractivity contribution in [3.63, 3.8) is 0 Å². The van der Waals surface area contributed by atoms with E-state index in [1.165, 1.54) is 321 Å². The fourth-order valence-electron chi connectivity index (χ4n) is 11.6. The normalized spacial score (nSPS) is 12.1. The van der Waals surface area contributed by atoms with Gasteiger partial charge in [-0.25, -0.2) is 0 Å². The van der Waals surface area contributed by atoms with Gasteiger partial charge in [0.25, 0.3) is 0 Å². The molecule has 0 aliphatic rings. The van der Waals surface area contributed by atoms with Gasteiger partial charge in [0.05, 0.1) is 0 Å². The van der Waals surface area contributed by atoms with E-state index in [4.69, 9.17) is 14.2 Å². The second-order valence-corrected chi connectivity index (χ2v) is 25.6. The van der Waals surface area contributed by atoms with Crippen LogP contribution in [0.1, 0.15) is 425 Å². The first-order valence-electron chi connectivity index (χ1n) is 37.3. The molecule has 0 saturated carbocycles. The quantitative estimate of drug-likeness (QED) is 0.0261. The molecular weight excluding hydrogens is 1010 g/mol. The van der Waals surface area contributed by atoms with Crippen molar-refractivity contribution in [2.45, 2.75) is 431 Å². The molecule has 0 aromatic rings. The first-order valence-corrected chi connectivity index (χ1v) is 37.3. The number of hydrogen-bond acceptors (Lipinski definition) is 6. The van der Waals surface area contributed by atoms with Gasteiger partial charge in [0, 0.05) is 19.3 Å². The monoisotopic (exact) mass is 1150 g/mol. The fraction of sp³-hybridized carbons (Fsp3) is 0.908. The number of carbonyl (C=O) groups excluding carboxylic acids is 3. The SMILES string of the molecule is CCCCCCC/C=C\C/C=C\CCCCCCCCCCCCCCCC(=O)OCC(COC(=O)CCCCCCCCCCCCCCCCCCCCC)OC(=O)CCCCCCCCCCCCCCCCCCCCCC. The minimum absolute atomic E-state index is 0.0636. The molecule has 0 bridgehead atoms. The Labute approximate surface area is 513 Å². The van der Waals surface area contributed by atoms with Crippen molar-refractivity contribution in [1.82, 2.24) is 0 Å². The maximum absolute atomic E-state index is 13.0. The van der Waals surface area contributed by atoms with Crippen LogP contribution in [0.15, 0.2) is 24.3 Å². The Kier molecular flexibility index (Phi) is 69.5. The van der Waals surface area contributed by atoms with Crippen molar-refractivity contribution in [3.8, 4) is 0 Å². The van der Waals surface area contributed by atoms with Crippen LogP contribution in [0, 0.1) is 0 Å². The molecule has 6 heteroatoms. The molecule has 82 heavy (non-hydrogen) atoms. The Hall–Kier alpha value is -2.11. The van der Waals surface area contributed by atoms with Crippen LogP contribution in [0.25, 0.3) is 0 Å². The predicted octanol–water partition coefficient (Wildman–Crippen LogP) is 25.7. The molecule has 0 aromatic carbocycles. The Morgan fingerprint density at radius 3 is 0.671 bits per heavy atom. The number of hydrogen-bond donors (Lipinski definition) is 0. The summed E-state index contributed by atoms with van der Waals surface area (Å²) in [4.78, 5) is 38.6. The second-order valence-electron chi connectivity index (χ2n) is 25.6. The molecule has 0 rings (SSSR count). The van der Waals surface area contributed by atoms with E-state index in [-0.39, 0.29) is 31.1 Å². The number of unbranched alkanes of at least 4 members (excludes halogenated alkanes) is 55. The van der Waals surface area contributed by atoms with E-state index < -0.39 is 6.10 Å². The molecule has 484 valence electrons. The molecule has 0 radical (unpaired) electrons. The maximum Gasteiger partial charge on any atom is 0.306 e. The van der Waals surface area contributed by atoms with Crippen molar-refractivity contribution in [2.24, 2.45) is 0 Å². The third-order valence-electron chi connectivity index (χ3n) is 17.2. The molecule has 0 amide bonds. The van der Waals surface area contributed by atoms with E-state index >= 15 is 0 Å². The fourth-order valence-corrected chi connectivity index (χ4v) is 11.6. The first-order chi connectivity index (χ1) is 40.5. The molecule has 0 aromatic heterocycles. The third-order valence-corrected chi connectivity index (χ3v) is 17.2. The molecular formula is C76H144O6. The van der Waals surface area contributed by atoms with Gasteiger partial charge in [0.1, 0.15) is 13.2 Å². The Morgan fingerprint density at radius 1 is 0.244 bits per heavy atom. The molecule has 6 nitrogen and oxygen atoms in total. The third kappa shape index (κ3) is 68.7. The standard InChI is InChI=1S/C76H144O6/c1-4-7-10-13-16-19-22-25-28-31-34-36-37-38-39-40-43-45-48-51-54-57-60-63-66-69-75(78)81-72-73(71-80-74(77)68-65-62-59-56-53-50-47-44-41-33-30-27-24-21-18-15-12-9-6-3)82-76(79)70-67-64-61-58-55-52-49-46-42-35-32-29-26-23-20-17-14-11-8-5-2/h22,25,31,34,73H,4-21,23-24,26-30,32-33,35-72H2,1-3H3/b25-22-,34-31-. The van der Waals surface area contributed by atoms with Gasteiger partial charge in [-0.2, -0.15) is 0 Å². The van der Waals surface area contributed by atoms with Crippen LogP contribution >= 0.6 is 0 Å². The molecule has 0 N–H and O–H groups in total. The first kappa shape index (κ1) is 79.9. The Balaban J connectivity index is 4.27. The average molecular weight is 1150 g/mol. The second kappa shape index (κ2) is 71.4. The summed E-state index contributed by atoms with van der Waals surface area (Å²) in [6.45, 7) is 6.73. The van der Waals surface area contributed by atoms with Gasteiger partial charge in [-0.15, -0.1) is 0 Å². The van der Waals surface area contributed by atoms with Gasteiger partial charge in [-0.05, 0) is 51.4 Å². The van der Waals surface area contributed by atoms with Gasteiger partial charge < -0.3 is 14.2 Å². The lowest BCUT2D eigenvalue weighted by Gasteiger charge is -2.18. The van der Waals surface area contributed by atoms with Crippen molar-refractivity contribution in [2.75, 3.05) is 13.2 Å². The highest BCUT2D eigenvalue weighted by Gasteiger charge is 2.20. The van der Waals surface area contributed by atoms with Crippen molar-refractivity contribution < 1.29 is 28.6 Å².